The Kier molecular flexibility index (Phi) is 5.54. The first kappa shape index (κ1) is 12.9. The summed E-state index contributed by atoms with van der Waals surface area (Å²) in [4.78, 5) is 0. The summed E-state index contributed by atoms with van der Waals surface area (Å²) < 4.78 is 11.5. The molecule has 0 aromatic carbocycles. The van der Waals surface area contributed by atoms with Gasteiger partial charge in [-0.3, -0.25) is 0 Å². The van der Waals surface area contributed by atoms with Crippen LogP contribution in [-0.4, -0.2) is 30.3 Å². The van der Waals surface area contributed by atoms with Crippen LogP contribution in [0.15, 0.2) is 11.3 Å². The lowest BCUT2D eigenvalue weighted by molar-refractivity contribution is 0.0816. The van der Waals surface area contributed by atoms with Crippen LogP contribution in [0.5, 0.6) is 0 Å². The van der Waals surface area contributed by atoms with Crippen molar-refractivity contribution in [3.8, 4) is 0 Å². The number of ether oxygens (including phenoxy) is 2. The van der Waals surface area contributed by atoms with Gasteiger partial charge in [0.05, 0.1) is 25.1 Å². The van der Waals surface area contributed by atoms with E-state index in [0.717, 1.165) is 24.5 Å². The van der Waals surface area contributed by atoms with Crippen molar-refractivity contribution in [2.24, 2.45) is 0 Å². The molecule has 2 atom stereocenters. The number of thioether (sulfide) groups is 1. The average Bonchev–Trinajstić information content (AvgIpc) is 2.24. The molecular formula is C12H22O2S. The lowest BCUT2D eigenvalue weighted by Gasteiger charge is -2.19. The molecule has 1 aliphatic rings. The highest BCUT2D eigenvalue weighted by Crippen LogP contribution is 2.20. The summed E-state index contributed by atoms with van der Waals surface area (Å²) in [5.41, 5.74) is 1.21. The van der Waals surface area contributed by atoms with Crippen LogP contribution in [0.3, 0.4) is 0 Å². The average molecular weight is 230 g/mol. The summed E-state index contributed by atoms with van der Waals surface area (Å²) in [6.45, 7) is 10.0. The fraction of sp³-hybridized carbons (Fsp3) is 0.833. The third-order valence-corrected chi connectivity index (χ3v) is 4.25. The Balaban J connectivity index is 2.57. The highest BCUT2D eigenvalue weighted by Gasteiger charge is 2.14. The molecule has 0 saturated heterocycles. The first-order valence-electron chi connectivity index (χ1n) is 5.63. The Bertz CT molecular complexity index is 226. The van der Waals surface area contributed by atoms with Gasteiger partial charge in [0.1, 0.15) is 0 Å². The minimum absolute atomic E-state index is 0.316. The molecule has 0 amide bonds. The summed E-state index contributed by atoms with van der Waals surface area (Å²) in [5, 5.41) is 0.566. The second-order valence-corrected chi connectivity index (χ2v) is 5.62. The smallest absolute Gasteiger partial charge is 0.0941 e. The third kappa shape index (κ3) is 4.47. The van der Waals surface area contributed by atoms with Gasteiger partial charge < -0.3 is 9.47 Å². The van der Waals surface area contributed by atoms with E-state index in [0.29, 0.717) is 18.0 Å². The Morgan fingerprint density at radius 2 is 2.00 bits per heavy atom. The maximum atomic E-state index is 5.81. The molecule has 1 heterocycles. The number of hydrogen-bond donors (Lipinski definition) is 0. The largest absolute Gasteiger partial charge is 0.498 e. The highest BCUT2D eigenvalue weighted by atomic mass is 32.2. The van der Waals surface area contributed by atoms with Crippen molar-refractivity contribution in [1.82, 2.24) is 0 Å². The van der Waals surface area contributed by atoms with Gasteiger partial charge in [0.2, 0.25) is 0 Å². The van der Waals surface area contributed by atoms with Crippen molar-refractivity contribution in [2.75, 3.05) is 19.0 Å². The first-order valence-corrected chi connectivity index (χ1v) is 6.68. The third-order valence-electron chi connectivity index (χ3n) is 2.81. The molecule has 0 aromatic heterocycles. The minimum Gasteiger partial charge on any atom is -0.498 e. The molecule has 88 valence electrons. The lowest BCUT2D eigenvalue weighted by atomic mass is 10.2. The monoisotopic (exact) mass is 230 g/mol. The molecule has 0 spiro atoms. The molecule has 0 fully saturated rings. The van der Waals surface area contributed by atoms with E-state index in [1.54, 1.807) is 0 Å². The van der Waals surface area contributed by atoms with Crippen molar-refractivity contribution in [1.29, 1.82) is 0 Å². The normalized spacial score (nSPS) is 35.5. The number of hydrogen-bond acceptors (Lipinski definition) is 3. The fourth-order valence-electron chi connectivity index (χ4n) is 1.31. The van der Waals surface area contributed by atoms with Crippen LogP contribution in [0.4, 0.5) is 0 Å². The van der Waals surface area contributed by atoms with Crippen molar-refractivity contribution in [2.45, 2.75) is 45.5 Å². The number of rotatable bonds is 0. The molecular weight excluding hydrogens is 208 g/mol. The first-order chi connectivity index (χ1) is 7.11. The molecule has 0 bridgehead atoms. The van der Waals surface area contributed by atoms with E-state index in [4.69, 9.17) is 9.47 Å². The van der Waals surface area contributed by atoms with Crippen LogP contribution >= 0.6 is 11.8 Å². The van der Waals surface area contributed by atoms with E-state index < -0.39 is 0 Å². The topological polar surface area (TPSA) is 18.5 Å². The van der Waals surface area contributed by atoms with Crippen LogP contribution in [0.1, 0.15) is 34.1 Å². The van der Waals surface area contributed by atoms with Gasteiger partial charge in [0.15, 0.2) is 0 Å². The van der Waals surface area contributed by atoms with Crippen LogP contribution in [0.2, 0.25) is 0 Å². The van der Waals surface area contributed by atoms with Crippen LogP contribution < -0.4 is 0 Å². The predicted molar refractivity (Wildman–Crippen MR) is 66.3 cm³/mol. The Morgan fingerprint density at radius 1 is 1.27 bits per heavy atom. The summed E-state index contributed by atoms with van der Waals surface area (Å²) >= 11 is 1.97. The molecule has 0 radical (unpaired) electrons. The molecule has 0 N–H and O–H groups in total. The van der Waals surface area contributed by atoms with Gasteiger partial charge in [-0.05, 0) is 38.5 Å². The van der Waals surface area contributed by atoms with E-state index in [1.165, 1.54) is 5.57 Å². The van der Waals surface area contributed by atoms with Gasteiger partial charge in [-0.1, -0.05) is 6.92 Å². The SMILES string of the molecule is C/C1=C(\C)OCCCSC(C)C(C)OC1. The Labute approximate surface area is 97.4 Å². The molecule has 0 aromatic rings. The van der Waals surface area contributed by atoms with Crippen LogP contribution in [-0.2, 0) is 9.47 Å². The van der Waals surface area contributed by atoms with Gasteiger partial charge in [0.25, 0.3) is 0 Å². The van der Waals surface area contributed by atoms with E-state index >= 15 is 0 Å². The van der Waals surface area contributed by atoms with Crippen molar-refractivity contribution < 1.29 is 9.47 Å². The molecule has 1 rings (SSSR count). The van der Waals surface area contributed by atoms with Gasteiger partial charge in [-0.2, -0.15) is 11.8 Å². The standard InChI is InChI=1S/C12H22O2S/c1-9-8-14-11(3)12(4)15-7-5-6-13-10(9)2/h11-12H,5-8H2,1-4H3/b10-9-. The van der Waals surface area contributed by atoms with E-state index in [9.17, 15) is 0 Å². The van der Waals surface area contributed by atoms with Crippen molar-refractivity contribution in [3.63, 3.8) is 0 Å². The zero-order chi connectivity index (χ0) is 11.3. The van der Waals surface area contributed by atoms with E-state index in [-0.39, 0.29) is 0 Å². The second kappa shape index (κ2) is 6.44. The molecule has 2 unspecified atom stereocenters. The zero-order valence-corrected chi connectivity index (χ0v) is 11.0. The zero-order valence-electron chi connectivity index (χ0n) is 10.2. The Morgan fingerprint density at radius 3 is 2.73 bits per heavy atom. The molecule has 2 nitrogen and oxygen atoms in total. The molecule has 0 saturated carbocycles. The predicted octanol–water partition coefficient (Wildman–Crippen LogP) is 3.23. The molecule has 15 heavy (non-hydrogen) atoms. The highest BCUT2D eigenvalue weighted by molar-refractivity contribution is 7.99. The van der Waals surface area contributed by atoms with Crippen molar-refractivity contribution >= 4 is 11.8 Å². The Hall–Kier alpha value is -0.150. The fourth-order valence-corrected chi connectivity index (χ4v) is 2.31. The van der Waals surface area contributed by atoms with E-state index in [2.05, 4.69) is 20.8 Å². The second-order valence-electron chi connectivity index (χ2n) is 4.13. The van der Waals surface area contributed by atoms with Gasteiger partial charge in [-0.15, -0.1) is 0 Å². The molecule has 1 aliphatic heterocycles. The minimum atomic E-state index is 0.316. The summed E-state index contributed by atoms with van der Waals surface area (Å²) in [7, 11) is 0. The summed E-state index contributed by atoms with van der Waals surface area (Å²) in [5.74, 6) is 2.18. The molecule has 3 heteroatoms. The number of allylic oxidation sites excluding steroid dienone is 1. The van der Waals surface area contributed by atoms with Gasteiger partial charge in [0, 0.05) is 5.25 Å². The van der Waals surface area contributed by atoms with Gasteiger partial charge >= 0.3 is 0 Å². The van der Waals surface area contributed by atoms with Crippen molar-refractivity contribution in [3.05, 3.63) is 11.3 Å². The molecule has 0 aliphatic carbocycles. The summed E-state index contributed by atoms with van der Waals surface area (Å²) in [6, 6.07) is 0. The van der Waals surface area contributed by atoms with Gasteiger partial charge in [-0.25, -0.2) is 0 Å². The van der Waals surface area contributed by atoms with E-state index in [1.807, 2.05) is 18.7 Å². The van der Waals surface area contributed by atoms with Crippen LogP contribution in [0.25, 0.3) is 0 Å². The summed E-state index contributed by atoms with van der Waals surface area (Å²) in [6.07, 6.45) is 1.43. The lowest BCUT2D eigenvalue weighted by Crippen LogP contribution is -2.21. The maximum Gasteiger partial charge on any atom is 0.0941 e. The quantitative estimate of drug-likeness (QED) is 0.636. The van der Waals surface area contributed by atoms with Crippen LogP contribution in [0, 0.1) is 0 Å². The maximum absolute atomic E-state index is 5.81.